The average Bonchev–Trinajstić information content (AvgIpc) is 2.73. The van der Waals surface area contributed by atoms with Gasteiger partial charge in [0, 0.05) is 25.0 Å². The third-order valence-electron chi connectivity index (χ3n) is 5.53. The van der Waals surface area contributed by atoms with Crippen LogP contribution in [0.15, 0.2) is 53.3 Å². The van der Waals surface area contributed by atoms with E-state index >= 15 is 0 Å². The lowest BCUT2D eigenvalue weighted by molar-refractivity contribution is 0.0946. The van der Waals surface area contributed by atoms with Gasteiger partial charge in [0.15, 0.2) is 5.69 Å². The second kappa shape index (κ2) is 8.57. The van der Waals surface area contributed by atoms with E-state index < -0.39 is 0 Å². The van der Waals surface area contributed by atoms with Crippen molar-refractivity contribution < 1.29 is 4.79 Å². The van der Waals surface area contributed by atoms with Gasteiger partial charge in [0.1, 0.15) is 0 Å². The molecule has 3 aromatic rings. The monoisotopic (exact) mass is 390 g/mol. The van der Waals surface area contributed by atoms with Crippen molar-refractivity contribution in [3.05, 3.63) is 75.7 Å². The lowest BCUT2D eigenvalue weighted by Crippen LogP contribution is -2.33. The lowest BCUT2D eigenvalue weighted by atomic mass is 9.99. The summed E-state index contributed by atoms with van der Waals surface area (Å²) >= 11 is 0. The van der Waals surface area contributed by atoms with Crippen LogP contribution < -0.4 is 10.9 Å². The van der Waals surface area contributed by atoms with Gasteiger partial charge in [-0.05, 0) is 42.5 Å². The van der Waals surface area contributed by atoms with Crippen molar-refractivity contribution in [2.45, 2.75) is 32.9 Å². The van der Waals surface area contributed by atoms with Gasteiger partial charge in [-0.2, -0.15) is 5.10 Å². The zero-order valence-corrected chi connectivity index (χ0v) is 16.6. The van der Waals surface area contributed by atoms with Crippen molar-refractivity contribution in [1.82, 2.24) is 20.4 Å². The van der Waals surface area contributed by atoms with Crippen molar-refractivity contribution in [3.8, 4) is 0 Å². The topological polar surface area (TPSA) is 78.1 Å². The van der Waals surface area contributed by atoms with Gasteiger partial charge in [-0.3, -0.25) is 14.5 Å². The van der Waals surface area contributed by atoms with Crippen LogP contribution in [-0.4, -0.2) is 34.1 Å². The molecular formula is C23H26N4O2. The highest BCUT2D eigenvalue weighted by Gasteiger charge is 2.16. The zero-order valence-electron chi connectivity index (χ0n) is 16.6. The zero-order chi connectivity index (χ0) is 20.2. The number of rotatable bonds is 5. The molecule has 1 saturated heterocycles. The molecule has 0 spiro atoms. The number of likely N-dealkylation sites (tertiary alicyclic amines) is 1. The molecule has 0 bridgehead atoms. The standard InChI is InChI=1S/C23H26N4O2/c1-16-5-4-12-27(14-16)15-18-10-8-17(9-11-18)13-24-23(29)21-19-6-2-3-7-20(19)22(28)26-25-21/h2-3,6-11,16H,4-5,12-15H2,1H3,(H,24,29)(H,26,28). The molecular weight excluding hydrogens is 364 g/mol. The maximum Gasteiger partial charge on any atom is 0.272 e. The number of hydrogen-bond donors (Lipinski definition) is 2. The van der Waals surface area contributed by atoms with Gasteiger partial charge in [0.2, 0.25) is 0 Å². The van der Waals surface area contributed by atoms with Crippen molar-refractivity contribution in [2.24, 2.45) is 5.92 Å². The van der Waals surface area contributed by atoms with Gasteiger partial charge in [0.05, 0.1) is 5.39 Å². The fourth-order valence-corrected chi connectivity index (χ4v) is 4.00. The quantitative estimate of drug-likeness (QED) is 0.702. The van der Waals surface area contributed by atoms with Gasteiger partial charge in [0.25, 0.3) is 11.5 Å². The Labute approximate surface area is 169 Å². The first-order valence-electron chi connectivity index (χ1n) is 10.2. The molecule has 1 aromatic heterocycles. The molecule has 6 nitrogen and oxygen atoms in total. The highest BCUT2D eigenvalue weighted by atomic mass is 16.2. The molecule has 2 heterocycles. The van der Waals surface area contributed by atoms with E-state index in [1.807, 2.05) is 0 Å². The van der Waals surface area contributed by atoms with Gasteiger partial charge in [-0.15, -0.1) is 0 Å². The Bertz CT molecular complexity index is 1060. The number of benzene rings is 2. The summed E-state index contributed by atoms with van der Waals surface area (Å²) in [6.07, 6.45) is 2.60. The Morgan fingerprint density at radius 3 is 2.62 bits per heavy atom. The Balaban J connectivity index is 1.39. The van der Waals surface area contributed by atoms with Crippen LogP contribution in [0.2, 0.25) is 0 Å². The highest BCUT2D eigenvalue weighted by Crippen LogP contribution is 2.18. The number of carbonyl (C=O) groups excluding carboxylic acids is 1. The predicted octanol–water partition coefficient (Wildman–Crippen LogP) is 3.09. The number of carbonyl (C=O) groups is 1. The van der Waals surface area contributed by atoms with Gasteiger partial charge in [-0.25, -0.2) is 5.10 Å². The first-order chi connectivity index (χ1) is 14.1. The maximum atomic E-state index is 12.6. The smallest absolute Gasteiger partial charge is 0.272 e. The number of hydrogen-bond acceptors (Lipinski definition) is 4. The number of H-pyrrole nitrogens is 1. The normalized spacial score (nSPS) is 17.3. The molecule has 1 amide bonds. The fourth-order valence-electron chi connectivity index (χ4n) is 4.00. The predicted molar refractivity (Wildman–Crippen MR) is 114 cm³/mol. The first-order valence-corrected chi connectivity index (χ1v) is 10.2. The van der Waals surface area contributed by atoms with Crippen molar-refractivity contribution >= 4 is 16.7 Å². The van der Waals surface area contributed by atoms with Crippen molar-refractivity contribution in [3.63, 3.8) is 0 Å². The summed E-state index contributed by atoms with van der Waals surface area (Å²) in [6.45, 7) is 6.04. The van der Waals surface area contributed by atoms with E-state index in [1.54, 1.807) is 24.3 Å². The summed E-state index contributed by atoms with van der Waals surface area (Å²) in [6, 6.07) is 15.4. The number of aromatic amines is 1. The minimum absolute atomic E-state index is 0.232. The molecule has 2 N–H and O–H groups in total. The number of piperidine rings is 1. The van der Waals surface area contributed by atoms with E-state index in [2.05, 4.69) is 51.6 Å². The Morgan fingerprint density at radius 1 is 1.14 bits per heavy atom. The summed E-state index contributed by atoms with van der Waals surface area (Å²) in [5.41, 5.74) is 2.26. The lowest BCUT2D eigenvalue weighted by Gasteiger charge is -2.30. The van der Waals surface area contributed by atoms with Crippen molar-refractivity contribution in [1.29, 1.82) is 0 Å². The average molecular weight is 390 g/mol. The van der Waals surface area contributed by atoms with Crippen LogP contribution in [0, 0.1) is 5.92 Å². The third kappa shape index (κ3) is 4.54. The van der Waals surface area contributed by atoms with Crippen LogP contribution >= 0.6 is 0 Å². The number of nitrogens with zero attached hydrogens (tertiary/aromatic N) is 2. The molecule has 0 aliphatic carbocycles. The van der Waals surface area contributed by atoms with Crippen molar-refractivity contribution in [2.75, 3.05) is 13.1 Å². The van der Waals surface area contributed by atoms with E-state index in [0.717, 1.165) is 24.6 Å². The molecule has 29 heavy (non-hydrogen) atoms. The second-order valence-electron chi connectivity index (χ2n) is 7.93. The molecule has 1 atom stereocenters. The van der Waals surface area contributed by atoms with Crippen LogP contribution in [0.1, 0.15) is 41.4 Å². The van der Waals surface area contributed by atoms with Crippen LogP contribution in [0.25, 0.3) is 10.8 Å². The molecule has 1 fully saturated rings. The largest absolute Gasteiger partial charge is 0.347 e. The molecule has 0 saturated carbocycles. The molecule has 0 radical (unpaired) electrons. The van der Waals surface area contributed by atoms with E-state index in [-0.39, 0.29) is 17.2 Å². The van der Waals surface area contributed by atoms with E-state index in [9.17, 15) is 9.59 Å². The Hall–Kier alpha value is -2.99. The third-order valence-corrected chi connectivity index (χ3v) is 5.53. The summed E-state index contributed by atoms with van der Waals surface area (Å²) < 4.78 is 0. The minimum Gasteiger partial charge on any atom is -0.347 e. The minimum atomic E-state index is -0.302. The van der Waals surface area contributed by atoms with Gasteiger partial charge in [-0.1, -0.05) is 49.4 Å². The molecule has 1 aliphatic rings. The number of fused-ring (bicyclic) bond motifs is 1. The first kappa shape index (κ1) is 19.3. The molecule has 1 aliphatic heterocycles. The van der Waals surface area contributed by atoms with Gasteiger partial charge >= 0.3 is 0 Å². The van der Waals surface area contributed by atoms with Crippen LogP contribution in [-0.2, 0) is 13.1 Å². The van der Waals surface area contributed by atoms with Crippen LogP contribution in [0.4, 0.5) is 0 Å². The summed E-state index contributed by atoms with van der Waals surface area (Å²) in [5.74, 6) is 0.472. The Morgan fingerprint density at radius 2 is 1.86 bits per heavy atom. The van der Waals surface area contributed by atoms with E-state index in [1.165, 1.54) is 24.9 Å². The van der Waals surface area contributed by atoms with Crippen LogP contribution in [0.3, 0.4) is 0 Å². The van der Waals surface area contributed by atoms with E-state index in [4.69, 9.17) is 0 Å². The summed E-state index contributed by atoms with van der Waals surface area (Å²) in [7, 11) is 0. The van der Waals surface area contributed by atoms with E-state index in [0.29, 0.717) is 17.3 Å². The Kier molecular flexibility index (Phi) is 5.71. The van der Waals surface area contributed by atoms with Crippen LogP contribution in [0.5, 0.6) is 0 Å². The fraction of sp³-hybridized carbons (Fsp3) is 0.348. The number of nitrogens with one attached hydrogen (secondary N) is 2. The summed E-state index contributed by atoms with van der Waals surface area (Å²) in [5, 5.41) is 10.3. The molecule has 4 rings (SSSR count). The molecule has 2 aromatic carbocycles. The SMILES string of the molecule is CC1CCCN(Cc2ccc(CNC(=O)c3n[nH]c(=O)c4ccccc34)cc2)C1. The molecule has 6 heteroatoms. The number of amides is 1. The maximum absolute atomic E-state index is 12.6. The molecule has 150 valence electrons. The number of aromatic nitrogens is 2. The summed E-state index contributed by atoms with van der Waals surface area (Å²) in [4.78, 5) is 27.0. The molecule has 1 unspecified atom stereocenters. The van der Waals surface area contributed by atoms with Gasteiger partial charge < -0.3 is 5.32 Å². The second-order valence-corrected chi connectivity index (χ2v) is 7.93. The highest BCUT2D eigenvalue weighted by molar-refractivity contribution is 6.04.